The Bertz CT molecular complexity index is 1210. The number of hydrogen-bond donors (Lipinski definition) is 0. The van der Waals surface area contributed by atoms with Crippen molar-refractivity contribution in [1.82, 2.24) is 19.9 Å². The molecule has 0 N–H and O–H groups in total. The highest BCUT2D eigenvalue weighted by molar-refractivity contribution is 9.11. The predicted molar refractivity (Wildman–Crippen MR) is 133 cm³/mol. The molecule has 0 aromatic carbocycles. The molecule has 0 spiro atoms. The van der Waals surface area contributed by atoms with Crippen molar-refractivity contribution in [3.8, 4) is 11.4 Å². The van der Waals surface area contributed by atoms with E-state index in [1.807, 2.05) is 37.4 Å². The Morgan fingerprint density at radius 2 is 2.03 bits per heavy atom. The fourth-order valence-corrected chi connectivity index (χ4v) is 4.56. The minimum Gasteiger partial charge on any atom is -0.486 e. The Morgan fingerprint density at radius 1 is 1.22 bits per heavy atom. The topological polar surface area (TPSA) is 64.0 Å². The first kappa shape index (κ1) is 22.9. The standard InChI is InChI=1S/C23H23BrClN5OS/c1-13(2)23-26-6-5-19(29-23)20-8-21(18(25)9-27-20)30-10-17(24)22(7-14(30)3)31-11-16-12-32-15(4)28-16/h5-9,12-13H,10-11H2,1-4H3. The molecule has 0 atom stereocenters. The van der Waals surface area contributed by atoms with E-state index in [0.29, 0.717) is 18.2 Å². The Balaban J connectivity index is 1.58. The lowest BCUT2D eigenvalue weighted by Gasteiger charge is -2.30. The Labute approximate surface area is 205 Å². The molecule has 4 rings (SSSR count). The van der Waals surface area contributed by atoms with E-state index in [1.165, 1.54) is 0 Å². The second-order valence-electron chi connectivity index (χ2n) is 7.76. The number of hydrogen-bond acceptors (Lipinski definition) is 7. The molecule has 0 bridgehead atoms. The Hall–Kier alpha value is -2.29. The van der Waals surface area contributed by atoms with Crippen molar-refractivity contribution >= 4 is 44.6 Å². The molecular formula is C23H23BrClN5OS. The van der Waals surface area contributed by atoms with Gasteiger partial charge in [-0.2, -0.15) is 0 Å². The predicted octanol–water partition coefficient (Wildman–Crippen LogP) is 6.63. The van der Waals surface area contributed by atoms with E-state index in [0.717, 1.165) is 49.5 Å². The van der Waals surface area contributed by atoms with Crippen LogP contribution in [-0.2, 0) is 11.3 Å². The maximum Gasteiger partial charge on any atom is 0.133 e. The number of thiazole rings is 1. The first-order valence-corrected chi connectivity index (χ1v) is 12.2. The molecule has 32 heavy (non-hydrogen) atoms. The molecule has 1 aliphatic rings. The van der Waals surface area contributed by atoms with Crippen molar-refractivity contribution in [2.75, 3.05) is 11.4 Å². The van der Waals surface area contributed by atoms with Crippen molar-refractivity contribution in [3.05, 3.63) is 73.5 Å². The normalized spacial score (nSPS) is 14.2. The van der Waals surface area contributed by atoms with E-state index in [-0.39, 0.29) is 5.92 Å². The molecule has 0 unspecified atom stereocenters. The van der Waals surface area contributed by atoms with Crippen LogP contribution in [0.1, 0.15) is 43.2 Å². The lowest BCUT2D eigenvalue weighted by atomic mass is 10.1. The molecule has 0 saturated heterocycles. The summed E-state index contributed by atoms with van der Waals surface area (Å²) in [5, 5.41) is 3.62. The summed E-state index contributed by atoms with van der Waals surface area (Å²) >= 11 is 11.9. The van der Waals surface area contributed by atoms with Gasteiger partial charge in [-0.25, -0.2) is 15.0 Å². The average molecular weight is 533 g/mol. The van der Waals surface area contributed by atoms with Crippen LogP contribution in [-0.4, -0.2) is 26.5 Å². The molecule has 166 valence electrons. The molecule has 0 radical (unpaired) electrons. The zero-order valence-electron chi connectivity index (χ0n) is 18.3. The van der Waals surface area contributed by atoms with Crippen molar-refractivity contribution in [1.29, 1.82) is 0 Å². The van der Waals surface area contributed by atoms with Gasteiger partial charge >= 0.3 is 0 Å². The van der Waals surface area contributed by atoms with Gasteiger partial charge in [-0.3, -0.25) is 4.98 Å². The Morgan fingerprint density at radius 3 is 2.75 bits per heavy atom. The van der Waals surface area contributed by atoms with Gasteiger partial charge in [0.15, 0.2) is 0 Å². The Kier molecular flexibility index (Phi) is 6.93. The SMILES string of the molecule is CC1=CC(OCc2csc(C)n2)=C(Br)CN1c1cc(-c2ccnc(C(C)C)n2)ncc1Cl. The molecule has 6 nitrogen and oxygen atoms in total. The first-order valence-electron chi connectivity index (χ1n) is 10.2. The summed E-state index contributed by atoms with van der Waals surface area (Å²) in [4.78, 5) is 20.1. The molecule has 1 aliphatic heterocycles. The number of allylic oxidation sites excluding steroid dienone is 2. The van der Waals surface area contributed by atoms with Gasteiger partial charge in [0.2, 0.25) is 0 Å². The van der Waals surface area contributed by atoms with Crippen molar-refractivity contribution in [3.63, 3.8) is 0 Å². The lowest BCUT2D eigenvalue weighted by Crippen LogP contribution is -2.27. The summed E-state index contributed by atoms with van der Waals surface area (Å²) in [7, 11) is 0. The van der Waals surface area contributed by atoms with Crippen LogP contribution in [0.15, 0.2) is 51.9 Å². The van der Waals surface area contributed by atoms with Crippen LogP contribution in [0.4, 0.5) is 5.69 Å². The van der Waals surface area contributed by atoms with Gasteiger partial charge < -0.3 is 9.64 Å². The quantitative estimate of drug-likeness (QED) is 0.355. The number of pyridine rings is 1. The van der Waals surface area contributed by atoms with Crippen LogP contribution in [0.5, 0.6) is 0 Å². The summed E-state index contributed by atoms with van der Waals surface area (Å²) < 4.78 is 6.96. The third-order valence-corrected chi connectivity index (χ3v) is 6.71. The number of halogens is 2. The lowest BCUT2D eigenvalue weighted by molar-refractivity contribution is 0.205. The fraction of sp³-hybridized carbons (Fsp3) is 0.304. The van der Waals surface area contributed by atoms with E-state index in [1.54, 1.807) is 23.7 Å². The van der Waals surface area contributed by atoms with E-state index < -0.39 is 0 Å². The van der Waals surface area contributed by atoms with Gasteiger partial charge in [0.25, 0.3) is 0 Å². The van der Waals surface area contributed by atoms with Gasteiger partial charge in [-0.1, -0.05) is 25.4 Å². The first-order chi connectivity index (χ1) is 15.3. The highest BCUT2D eigenvalue weighted by atomic mass is 79.9. The van der Waals surface area contributed by atoms with E-state index >= 15 is 0 Å². The highest BCUT2D eigenvalue weighted by Crippen LogP contribution is 2.36. The molecule has 3 aromatic heterocycles. The minimum absolute atomic E-state index is 0.238. The summed E-state index contributed by atoms with van der Waals surface area (Å²) in [6.45, 7) is 9.20. The van der Waals surface area contributed by atoms with Crippen molar-refractivity contribution in [2.24, 2.45) is 0 Å². The van der Waals surface area contributed by atoms with Crippen LogP contribution in [0.25, 0.3) is 11.4 Å². The fourth-order valence-electron chi connectivity index (χ4n) is 3.28. The molecule has 9 heteroatoms. The summed E-state index contributed by atoms with van der Waals surface area (Å²) in [6.07, 6.45) is 5.45. The smallest absolute Gasteiger partial charge is 0.133 e. The van der Waals surface area contributed by atoms with Gasteiger partial charge in [0.1, 0.15) is 18.2 Å². The van der Waals surface area contributed by atoms with Gasteiger partial charge in [-0.15, -0.1) is 11.3 Å². The zero-order chi connectivity index (χ0) is 22.8. The number of rotatable bonds is 6. The third kappa shape index (κ3) is 5.03. The molecule has 0 aliphatic carbocycles. The average Bonchev–Trinajstić information content (AvgIpc) is 3.19. The van der Waals surface area contributed by atoms with E-state index in [9.17, 15) is 0 Å². The molecule has 0 amide bonds. The maximum atomic E-state index is 6.56. The van der Waals surface area contributed by atoms with Gasteiger partial charge in [0.05, 0.1) is 43.8 Å². The van der Waals surface area contributed by atoms with E-state index in [4.69, 9.17) is 16.3 Å². The summed E-state index contributed by atoms with van der Waals surface area (Å²) in [6, 6.07) is 3.84. The number of anilines is 1. The van der Waals surface area contributed by atoms with Crippen LogP contribution in [0.3, 0.4) is 0 Å². The zero-order valence-corrected chi connectivity index (χ0v) is 21.4. The highest BCUT2D eigenvalue weighted by Gasteiger charge is 2.22. The number of ether oxygens (including phenoxy) is 1. The van der Waals surface area contributed by atoms with Crippen molar-refractivity contribution in [2.45, 2.75) is 40.2 Å². The molecule has 4 heterocycles. The van der Waals surface area contributed by atoms with Crippen LogP contribution >= 0.6 is 38.9 Å². The number of aromatic nitrogens is 4. The van der Waals surface area contributed by atoms with Gasteiger partial charge in [-0.05, 0) is 41.9 Å². The van der Waals surface area contributed by atoms with Crippen LogP contribution in [0.2, 0.25) is 5.02 Å². The molecule has 0 saturated carbocycles. The minimum atomic E-state index is 0.238. The number of nitrogens with zero attached hydrogens (tertiary/aromatic N) is 5. The second kappa shape index (κ2) is 9.68. The van der Waals surface area contributed by atoms with Gasteiger partial charge in [0, 0.05) is 35.5 Å². The molecule has 0 fully saturated rings. The summed E-state index contributed by atoms with van der Waals surface area (Å²) in [5.41, 5.74) is 4.34. The molecular weight excluding hydrogens is 510 g/mol. The third-order valence-electron chi connectivity index (χ3n) is 4.95. The summed E-state index contributed by atoms with van der Waals surface area (Å²) in [5.74, 6) is 1.83. The molecule has 3 aromatic rings. The maximum absolute atomic E-state index is 6.56. The monoisotopic (exact) mass is 531 g/mol. The van der Waals surface area contributed by atoms with E-state index in [2.05, 4.69) is 54.6 Å². The van der Waals surface area contributed by atoms with Crippen LogP contribution in [0, 0.1) is 6.92 Å². The number of aryl methyl sites for hydroxylation is 1. The largest absolute Gasteiger partial charge is 0.486 e. The second-order valence-corrected chi connectivity index (χ2v) is 10.2. The van der Waals surface area contributed by atoms with Crippen molar-refractivity contribution < 1.29 is 4.74 Å². The van der Waals surface area contributed by atoms with Crippen LogP contribution < -0.4 is 4.90 Å².